The minimum Gasteiger partial charge on any atom is -0.444 e. The van der Waals surface area contributed by atoms with Crippen molar-refractivity contribution in [3.63, 3.8) is 0 Å². The highest BCUT2D eigenvalue weighted by atomic mass is 16.7. The lowest BCUT2D eigenvalue weighted by Crippen LogP contribution is -2.41. The monoisotopic (exact) mass is 337 g/mol. The molecule has 1 fully saturated rings. The van der Waals surface area contributed by atoms with Gasteiger partial charge < -0.3 is 19.5 Å². The van der Waals surface area contributed by atoms with Crippen molar-refractivity contribution in [2.45, 2.75) is 78.1 Å². The number of nitrogens with one attached hydrogen (secondary N) is 1. The minimum absolute atomic E-state index is 0.193. The van der Waals surface area contributed by atoms with Gasteiger partial charge in [-0.1, -0.05) is 0 Å². The van der Waals surface area contributed by atoms with E-state index in [1.54, 1.807) is 12.4 Å². The van der Waals surface area contributed by atoms with Crippen LogP contribution >= 0.6 is 0 Å². The van der Waals surface area contributed by atoms with Crippen LogP contribution in [0.4, 0.5) is 4.79 Å². The third-order valence-corrected chi connectivity index (χ3v) is 4.04. The van der Waals surface area contributed by atoms with Crippen LogP contribution in [0.25, 0.3) is 0 Å². The number of amides is 1. The van der Waals surface area contributed by atoms with Crippen LogP contribution in [-0.2, 0) is 20.8 Å². The molecule has 1 aromatic rings. The van der Waals surface area contributed by atoms with Gasteiger partial charge in [-0.2, -0.15) is 0 Å². The largest absolute Gasteiger partial charge is 0.444 e. The van der Waals surface area contributed by atoms with Crippen molar-refractivity contribution < 1.29 is 19.0 Å². The maximum absolute atomic E-state index is 11.6. The lowest BCUT2D eigenvalue weighted by Gasteiger charge is -2.30. The van der Waals surface area contributed by atoms with E-state index in [1.165, 1.54) is 0 Å². The first-order chi connectivity index (χ1) is 10.9. The van der Waals surface area contributed by atoms with Gasteiger partial charge in [0.25, 0.3) is 0 Å². The average Bonchev–Trinajstić information content (AvgIpc) is 2.64. The Morgan fingerprint density at radius 3 is 2.12 bits per heavy atom. The highest BCUT2D eigenvalue weighted by Crippen LogP contribution is 2.44. The van der Waals surface area contributed by atoms with Gasteiger partial charge in [-0.15, -0.1) is 0 Å². The maximum Gasteiger partial charge on any atom is 0.408 e. The molecule has 0 unspecified atom stereocenters. The van der Waals surface area contributed by atoms with Crippen LogP contribution in [0.1, 0.15) is 66.1 Å². The molecule has 1 saturated heterocycles. The lowest BCUT2D eigenvalue weighted by molar-refractivity contribution is -0.0899. The summed E-state index contributed by atoms with van der Waals surface area (Å²) in [6, 6.07) is 0. The van der Waals surface area contributed by atoms with E-state index in [4.69, 9.17) is 14.2 Å². The van der Waals surface area contributed by atoms with Crippen molar-refractivity contribution in [1.29, 1.82) is 0 Å². The molecule has 134 valence electrons. The summed E-state index contributed by atoms with van der Waals surface area (Å²) in [4.78, 5) is 20.1. The highest BCUT2D eigenvalue weighted by molar-refractivity contribution is 5.67. The number of ether oxygens (including phenoxy) is 3. The number of hydrogen-bond acceptors (Lipinski definition) is 6. The summed E-state index contributed by atoms with van der Waals surface area (Å²) >= 11 is 0. The second kappa shape index (κ2) is 6.29. The van der Waals surface area contributed by atoms with Crippen molar-refractivity contribution >= 4 is 6.09 Å². The Bertz CT molecular complexity index is 575. The molecule has 0 aliphatic carbocycles. The van der Waals surface area contributed by atoms with E-state index in [1.807, 2.05) is 48.5 Å². The molecule has 0 spiro atoms. The van der Waals surface area contributed by atoms with Crippen LogP contribution in [0.3, 0.4) is 0 Å². The molecule has 2 rings (SSSR count). The first kappa shape index (κ1) is 18.6. The molecule has 0 bridgehead atoms. The molecule has 1 amide bonds. The van der Waals surface area contributed by atoms with E-state index in [0.29, 0.717) is 5.82 Å². The van der Waals surface area contributed by atoms with Crippen LogP contribution in [0.2, 0.25) is 0 Å². The van der Waals surface area contributed by atoms with Gasteiger partial charge in [-0.05, 0) is 48.5 Å². The SMILES string of the molecule is CC(C)(C)OC(=O)NCc1ncc(C2OC(C)(C)C(C)(C)O2)cn1. The number of hydrogen-bond donors (Lipinski definition) is 1. The van der Waals surface area contributed by atoms with Crippen LogP contribution < -0.4 is 5.32 Å². The zero-order valence-electron chi connectivity index (χ0n) is 15.5. The van der Waals surface area contributed by atoms with E-state index in [9.17, 15) is 4.79 Å². The molecule has 0 radical (unpaired) electrons. The first-order valence-electron chi connectivity index (χ1n) is 8.03. The van der Waals surface area contributed by atoms with Gasteiger partial charge in [0.05, 0.1) is 17.7 Å². The number of aromatic nitrogens is 2. The summed E-state index contributed by atoms with van der Waals surface area (Å²) in [7, 11) is 0. The Morgan fingerprint density at radius 2 is 1.67 bits per heavy atom. The van der Waals surface area contributed by atoms with Gasteiger partial charge in [-0.25, -0.2) is 14.8 Å². The molecule has 7 nitrogen and oxygen atoms in total. The Morgan fingerprint density at radius 1 is 1.17 bits per heavy atom. The van der Waals surface area contributed by atoms with E-state index in [2.05, 4.69) is 15.3 Å². The number of rotatable bonds is 3. The minimum atomic E-state index is -0.536. The normalized spacial score (nSPS) is 20.0. The summed E-state index contributed by atoms with van der Waals surface area (Å²) in [5.74, 6) is 0.487. The number of carbonyl (C=O) groups excluding carboxylic acids is 1. The lowest BCUT2D eigenvalue weighted by atomic mass is 9.90. The van der Waals surface area contributed by atoms with Crippen LogP contribution in [0, 0.1) is 0 Å². The number of nitrogens with zero attached hydrogens (tertiary/aromatic N) is 2. The molecule has 1 aliphatic rings. The summed E-state index contributed by atoms with van der Waals surface area (Å²) in [6.07, 6.45) is 2.31. The van der Waals surface area contributed by atoms with Crippen LogP contribution in [-0.4, -0.2) is 32.9 Å². The topological polar surface area (TPSA) is 82.6 Å². The first-order valence-corrected chi connectivity index (χ1v) is 8.03. The predicted octanol–water partition coefficient (Wildman–Crippen LogP) is 3.10. The molecular weight excluding hydrogens is 310 g/mol. The van der Waals surface area contributed by atoms with Crippen molar-refractivity contribution in [3.8, 4) is 0 Å². The van der Waals surface area contributed by atoms with Gasteiger partial charge in [0.1, 0.15) is 11.4 Å². The maximum atomic E-state index is 11.6. The number of carbonyl (C=O) groups is 1. The quantitative estimate of drug-likeness (QED) is 0.912. The van der Waals surface area contributed by atoms with E-state index < -0.39 is 29.2 Å². The molecule has 1 N–H and O–H groups in total. The number of alkyl carbamates (subject to hydrolysis) is 1. The van der Waals surface area contributed by atoms with Gasteiger partial charge in [0.15, 0.2) is 6.29 Å². The molecule has 1 aliphatic heterocycles. The summed E-state index contributed by atoms with van der Waals surface area (Å²) in [5, 5.41) is 2.62. The molecule has 0 aromatic carbocycles. The molecule has 24 heavy (non-hydrogen) atoms. The van der Waals surface area contributed by atoms with Gasteiger partial charge in [0, 0.05) is 18.0 Å². The fourth-order valence-electron chi connectivity index (χ4n) is 2.02. The van der Waals surface area contributed by atoms with Crippen molar-refractivity contribution in [2.24, 2.45) is 0 Å². The zero-order valence-corrected chi connectivity index (χ0v) is 15.5. The fraction of sp³-hybridized carbons (Fsp3) is 0.706. The third-order valence-electron chi connectivity index (χ3n) is 4.04. The molecule has 0 saturated carbocycles. The van der Waals surface area contributed by atoms with E-state index >= 15 is 0 Å². The average molecular weight is 337 g/mol. The van der Waals surface area contributed by atoms with Gasteiger partial charge in [0.2, 0.25) is 0 Å². The standard InChI is InChI=1S/C17H27N3O4/c1-15(2,3)24-14(21)20-10-12-18-8-11(9-19-12)13-22-16(4,5)17(6,7)23-13/h8-9,13H,10H2,1-7H3,(H,20,21). The predicted molar refractivity (Wildman–Crippen MR) is 88.2 cm³/mol. The Balaban J connectivity index is 1.94. The summed E-state index contributed by atoms with van der Waals surface area (Å²) in [5.41, 5.74) is -0.607. The summed E-state index contributed by atoms with van der Waals surface area (Å²) < 4.78 is 17.1. The van der Waals surface area contributed by atoms with Crippen molar-refractivity contribution in [3.05, 3.63) is 23.8 Å². The second-order valence-electron chi connectivity index (χ2n) is 7.88. The Hall–Kier alpha value is -1.73. The molecule has 7 heteroatoms. The Kier molecular flexibility index (Phi) is 4.88. The second-order valence-corrected chi connectivity index (χ2v) is 7.88. The zero-order chi connectivity index (χ0) is 18.2. The van der Waals surface area contributed by atoms with Crippen molar-refractivity contribution in [1.82, 2.24) is 15.3 Å². The van der Waals surface area contributed by atoms with Crippen LogP contribution in [0.5, 0.6) is 0 Å². The Labute approximate surface area is 143 Å². The molecule has 1 aromatic heterocycles. The van der Waals surface area contributed by atoms with Crippen LogP contribution in [0.15, 0.2) is 12.4 Å². The third kappa shape index (κ3) is 4.42. The molecule has 0 atom stereocenters. The fourth-order valence-corrected chi connectivity index (χ4v) is 2.02. The van der Waals surface area contributed by atoms with Gasteiger partial charge >= 0.3 is 6.09 Å². The van der Waals surface area contributed by atoms with Gasteiger partial charge in [-0.3, -0.25) is 0 Å². The molecular formula is C17H27N3O4. The van der Waals surface area contributed by atoms with Crippen molar-refractivity contribution in [2.75, 3.05) is 0 Å². The highest BCUT2D eigenvalue weighted by Gasteiger charge is 2.49. The summed E-state index contributed by atoms with van der Waals surface area (Å²) in [6.45, 7) is 13.6. The van der Waals surface area contributed by atoms with E-state index in [-0.39, 0.29) is 6.54 Å². The van der Waals surface area contributed by atoms with E-state index in [0.717, 1.165) is 5.56 Å². The smallest absolute Gasteiger partial charge is 0.408 e. The molecule has 2 heterocycles.